The molecule has 0 bridgehead atoms. The third kappa shape index (κ3) is 4.34. The number of benzene rings is 1. The molecule has 1 aromatic heterocycles. The molecule has 1 saturated carbocycles. The summed E-state index contributed by atoms with van der Waals surface area (Å²) in [5.74, 6) is 1.61. The van der Waals surface area contributed by atoms with E-state index in [9.17, 15) is 0 Å². The van der Waals surface area contributed by atoms with Crippen molar-refractivity contribution in [2.75, 3.05) is 36.8 Å². The number of ether oxygens (including phenoxy) is 1. The maximum atomic E-state index is 8.70. The lowest BCUT2D eigenvalue weighted by atomic mass is 10.0. The molecule has 1 aliphatic heterocycles. The molecule has 7 heteroatoms. The molecular formula is C22H30N6O. The third-order valence-corrected chi connectivity index (χ3v) is 5.89. The molecule has 1 aliphatic carbocycles. The normalized spacial score (nSPS) is 18.7. The number of anilines is 2. The number of nitrogen functional groups attached to an aromatic ring is 1. The second-order valence-electron chi connectivity index (χ2n) is 8.55. The van der Waals surface area contributed by atoms with Crippen LogP contribution in [0.25, 0.3) is 0 Å². The van der Waals surface area contributed by atoms with Gasteiger partial charge in [0.15, 0.2) is 0 Å². The van der Waals surface area contributed by atoms with Crippen molar-refractivity contribution in [2.24, 2.45) is 0 Å². The van der Waals surface area contributed by atoms with Crippen molar-refractivity contribution < 1.29 is 4.74 Å². The summed E-state index contributed by atoms with van der Waals surface area (Å²) in [6.45, 7) is 10.4. The average Bonchev–Trinajstić information content (AvgIpc) is 3.45. The maximum absolute atomic E-state index is 8.70. The summed E-state index contributed by atoms with van der Waals surface area (Å²) in [5.41, 5.74) is 8.15. The van der Waals surface area contributed by atoms with Gasteiger partial charge < -0.3 is 15.4 Å². The van der Waals surface area contributed by atoms with E-state index in [-0.39, 0.29) is 5.60 Å². The zero-order valence-electron chi connectivity index (χ0n) is 17.5. The first-order valence-corrected chi connectivity index (χ1v) is 10.3. The minimum Gasteiger partial charge on any atom is -0.488 e. The Labute approximate surface area is 172 Å². The Hall–Kier alpha value is -2.67. The van der Waals surface area contributed by atoms with E-state index < -0.39 is 0 Å². The number of nitrogens with one attached hydrogen (secondary N) is 1. The molecule has 2 fully saturated rings. The summed E-state index contributed by atoms with van der Waals surface area (Å²) in [5, 5.41) is 8.70. The number of rotatable bonds is 6. The highest BCUT2D eigenvalue weighted by Crippen LogP contribution is 2.40. The van der Waals surface area contributed by atoms with Crippen LogP contribution in [-0.2, 0) is 0 Å². The Balaban J connectivity index is 1.52. The molecule has 1 aromatic carbocycles. The van der Waals surface area contributed by atoms with Gasteiger partial charge in [0.1, 0.15) is 23.5 Å². The van der Waals surface area contributed by atoms with Crippen LogP contribution >= 0.6 is 0 Å². The van der Waals surface area contributed by atoms with Gasteiger partial charge in [-0.05, 0) is 51.8 Å². The Morgan fingerprint density at radius 1 is 1.14 bits per heavy atom. The molecule has 0 radical (unpaired) electrons. The van der Waals surface area contributed by atoms with Crippen molar-refractivity contribution in [3.8, 4) is 5.75 Å². The summed E-state index contributed by atoms with van der Waals surface area (Å²) in [6.07, 6.45) is 3.66. The molecule has 4 rings (SSSR count). The van der Waals surface area contributed by atoms with Crippen molar-refractivity contribution in [2.45, 2.75) is 45.3 Å². The van der Waals surface area contributed by atoms with Gasteiger partial charge in [-0.1, -0.05) is 0 Å². The van der Waals surface area contributed by atoms with Crippen molar-refractivity contribution in [1.82, 2.24) is 14.9 Å². The lowest BCUT2D eigenvalue weighted by molar-refractivity contribution is 0.200. The van der Waals surface area contributed by atoms with E-state index in [0.29, 0.717) is 28.7 Å². The molecule has 3 N–H and O–H groups in total. The van der Waals surface area contributed by atoms with E-state index in [1.807, 2.05) is 18.2 Å². The van der Waals surface area contributed by atoms with E-state index in [4.69, 9.17) is 15.9 Å². The van der Waals surface area contributed by atoms with E-state index in [2.05, 4.69) is 40.5 Å². The zero-order chi connectivity index (χ0) is 20.6. The summed E-state index contributed by atoms with van der Waals surface area (Å²) >= 11 is 0. The topological polar surface area (TPSA) is 91.4 Å². The van der Waals surface area contributed by atoms with Gasteiger partial charge in [-0.15, -0.1) is 0 Å². The van der Waals surface area contributed by atoms with Gasteiger partial charge in [-0.2, -0.15) is 0 Å². The predicted molar refractivity (Wildman–Crippen MR) is 116 cm³/mol. The highest BCUT2D eigenvalue weighted by Gasteiger charge is 2.40. The predicted octanol–water partition coefficient (Wildman–Crippen LogP) is 2.94. The van der Waals surface area contributed by atoms with E-state index in [0.717, 1.165) is 50.6 Å². The first kappa shape index (κ1) is 19.6. The largest absolute Gasteiger partial charge is 0.488 e. The molecule has 0 atom stereocenters. The van der Waals surface area contributed by atoms with Crippen molar-refractivity contribution >= 4 is 17.2 Å². The Kier molecular flexibility index (Phi) is 5.17. The molecule has 2 aliphatic rings. The van der Waals surface area contributed by atoms with Gasteiger partial charge in [0.25, 0.3) is 0 Å². The minimum absolute atomic E-state index is 0.0736. The first-order chi connectivity index (χ1) is 13.8. The van der Waals surface area contributed by atoms with Gasteiger partial charge >= 0.3 is 0 Å². The quantitative estimate of drug-likeness (QED) is 0.578. The molecule has 29 heavy (non-hydrogen) atoms. The van der Waals surface area contributed by atoms with E-state index in [1.165, 1.54) is 6.33 Å². The van der Waals surface area contributed by atoms with Crippen LogP contribution in [0.4, 0.5) is 11.5 Å². The van der Waals surface area contributed by atoms with Crippen LogP contribution in [0.1, 0.15) is 44.9 Å². The lowest BCUT2D eigenvalue weighted by Crippen LogP contribution is -2.49. The van der Waals surface area contributed by atoms with Crippen LogP contribution in [0.5, 0.6) is 5.75 Å². The Morgan fingerprint density at radius 2 is 1.86 bits per heavy atom. The minimum atomic E-state index is -0.0736. The van der Waals surface area contributed by atoms with Crippen molar-refractivity contribution in [3.63, 3.8) is 0 Å². The van der Waals surface area contributed by atoms with Gasteiger partial charge in [0.05, 0.1) is 11.4 Å². The van der Waals surface area contributed by atoms with Crippen LogP contribution in [0.3, 0.4) is 0 Å². The SMILES string of the molecule is CC(C)N1CCN(c2cc(C(=N)c3cc(OC4(C)CC4)ccc3N)ncn2)CC1. The first-order valence-electron chi connectivity index (χ1n) is 10.3. The Morgan fingerprint density at radius 3 is 2.52 bits per heavy atom. The number of piperazine rings is 1. The maximum Gasteiger partial charge on any atom is 0.132 e. The van der Waals surface area contributed by atoms with Crippen LogP contribution in [0, 0.1) is 5.41 Å². The highest BCUT2D eigenvalue weighted by molar-refractivity contribution is 6.13. The standard InChI is InChI=1S/C22H30N6O/c1-15(2)27-8-10-28(11-9-27)20-13-19(25-14-26-20)21(24)17-12-16(4-5-18(17)23)29-22(3)6-7-22/h4-5,12-15,24H,6-11,23H2,1-3H3. The second-order valence-corrected chi connectivity index (χ2v) is 8.55. The van der Waals surface area contributed by atoms with Crippen molar-refractivity contribution in [1.29, 1.82) is 5.41 Å². The van der Waals surface area contributed by atoms with Crippen LogP contribution < -0.4 is 15.4 Å². The summed E-state index contributed by atoms with van der Waals surface area (Å²) in [4.78, 5) is 13.5. The zero-order valence-corrected chi connectivity index (χ0v) is 17.5. The van der Waals surface area contributed by atoms with Gasteiger partial charge in [0.2, 0.25) is 0 Å². The summed E-state index contributed by atoms with van der Waals surface area (Å²) in [6, 6.07) is 7.97. The molecule has 7 nitrogen and oxygen atoms in total. The smallest absolute Gasteiger partial charge is 0.132 e. The van der Waals surface area contributed by atoms with Crippen LogP contribution in [-0.4, -0.2) is 58.4 Å². The van der Waals surface area contributed by atoms with Crippen molar-refractivity contribution in [3.05, 3.63) is 41.9 Å². The second kappa shape index (κ2) is 7.63. The number of hydrogen-bond donors (Lipinski definition) is 2. The number of aromatic nitrogens is 2. The fourth-order valence-electron chi connectivity index (χ4n) is 3.64. The lowest BCUT2D eigenvalue weighted by Gasteiger charge is -2.37. The highest BCUT2D eigenvalue weighted by atomic mass is 16.5. The molecule has 0 spiro atoms. The molecule has 0 unspecified atom stereocenters. The monoisotopic (exact) mass is 394 g/mol. The third-order valence-electron chi connectivity index (χ3n) is 5.89. The van der Waals surface area contributed by atoms with Gasteiger partial charge in [-0.3, -0.25) is 10.3 Å². The molecule has 0 amide bonds. The Bertz CT molecular complexity index is 900. The van der Waals surface area contributed by atoms with E-state index >= 15 is 0 Å². The van der Waals surface area contributed by atoms with Gasteiger partial charge in [-0.25, -0.2) is 9.97 Å². The molecular weight excluding hydrogens is 364 g/mol. The average molecular weight is 395 g/mol. The van der Waals surface area contributed by atoms with Crippen LogP contribution in [0.2, 0.25) is 0 Å². The number of nitrogens with zero attached hydrogens (tertiary/aromatic N) is 4. The fraction of sp³-hybridized carbons (Fsp3) is 0.500. The molecule has 154 valence electrons. The number of nitrogens with two attached hydrogens (primary N) is 1. The summed E-state index contributed by atoms with van der Waals surface area (Å²) < 4.78 is 6.04. The molecule has 1 saturated heterocycles. The molecule has 2 heterocycles. The summed E-state index contributed by atoms with van der Waals surface area (Å²) in [7, 11) is 0. The van der Waals surface area contributed by atoms with Crippen LogP contribution in [0.15, 0.2) is 30.6 Å². The van der Waals surface area contributed by atoms with Gasteiger partial charge in [0, 0.05) is 49.5 Å². The fourth-order valence-corrected chi connectivity index (χ4v) is 3.64. The number of hydrogen-bond acceptors (Lipinski definition) is 7. The molecule has 2 aromatic rings. The van der Waals surface area contributed by atoms with E-state index in [1.54, 1.807) is 6.07 Å².